The van der Waals surface area contributed by atoms with Crippen molar-refractivity contribution in [1.82, 2.24) is 19.7 Å². The third kappa shape index (κ3) is 3.55. The number of ether oxygens (including phenoxy) is 1. The lowest BCUT2D eigenvalue weighted by Crippen LogP contribution is -2.46. The average molecular weight is 453 g/mol. The van der Waals surface area contributed by atoms with E-state index in [-0.39, 0.29) is 28.6 Å². The van der Waals surface area contributed by atoms with E-state index in [0.29, 0.717) is 5.69 Å². The van der Waals surface area contributed by atoms with Gasteiger partial charge in [-0.1, -0.05) is 40.5 Å². The molecule has 12 heteroatoms. The second-order valence-electron chi connectivity index (χ2n) is 7.74. The van der Waals surface area contributed by atoms with Gasteiger partial charge in [-0.3, -0.25) is 14.3 Å². The van der Waals surface area contributed by atoms with Gasteiger partial charge in [0.1, 0.15) is 29.8 Å². The third-order valence-corrected chi connectivity index (χ3v) is 5.48. The SMILES string of the molecule is Cn1c[n+]([C@@H]2O[C@H](C(O)=Cc3cc(-c4ccccc4)no3)[C@@H](O)[C@H]2O)c2nc(N)[nH]c(=O)c21. The number of nitrogens with zero attached hydrogens (tertiary/aromatic N) is 4. The van der Waals surface area contributed by atoms with Crippen LogP contribution in [0.4, 0.5) is 5.95 Å². The second-order valence-corrected chi connectivity index (χ2v) is 7.74. The number of aliphatic hydroxyl groups is 3. The van der Waals surface area contributed by atoms with Crippen LogP contribution in [0.3, 0.4) is 0 Å². The minimum absolute atomic E-state index is 0.112. The van der Waals surface area contributed by atoms with E-state index in [1.165, 1.54) is 21.5 Å². The summed E-state index contributed by atoms with van der Waals surface area (Å²) in [7, 11) is 1.62. The third-order valence-electron chi connectivity index (χ3n) is 5.48. The van der Waals surface area contributed by atoms with E-state index in [4.69, 9.17) is 15.0 Å². The Kier molecular flexibility index (Phi) is 4.96. The van der Waals surface area contributed by atoms with E-state index in [0.717, 1.165) is 5.56 Å². The zero-order chi connectivity index (χ0) is 23.3. The van der Waals surface area contributed by atoms with Crippen LogP contribution < -0.4 is 15.9 Å². The normalized spacial score (nSPS) is 23.4. The molecule has 1 aromatic carbocycles. The molecule has 170 valence electrons. The summed E-state index contributed by atoms with van der Waals surface area (Å²) in [5, 5.41) is 35.8. The number of nitrogen functional groups attached to an aromatic ring is 1. The van der Waals surface area contributed by atoms with Crippen LogP contribution in [-0.4, -0.2) is 53.3 Å². The van der Waals surface area contributed by atoms with Gasteiger partial charge in [0.2, 0.25) is 11.7 Å². The van der Waals surface area contributed by atoms with Gasteiger partial charge in [-0.15, -0.1) is 0 Å². The van der Waals surface area contributed by atoms with Gasteiger partial charge < -0.3 is 30.3 Å². The molecule has 0 amide bonds. The molecule has 3 aromatic heterocycles. The van der Waals surface area contributed by atoms with Crippen LogP contribution in [0.15, 0.2) is 57.8 Å². The van der Waals surface area contributed by atoms with E-state index < -0.39 is 30.1 Å². The zero-order valence-corrected chi connectivity index (χ0v) is 17.4. The molecule has 5 rings (SSSR count). The first kappa shape index (κ1) is 20.9. The lowest BCUT2D eigenvalue weighted by Gasteiger charge is -2.12. The van der Waals surface area contributed by atoms with E-state index >= 15 is 0 Å². The highest BCUT2D eigenvalue weighted by molar-refractivity contribution is 5.67. The van der Waals surface area contributed by atoms with E-state index in [9.17, 15) is 20.1 Å². The van der Waals surface area contributed by atoms with Crippen molar-refractivity contribution in [3.63, 3.8) is 0 Å². The minimum atomic E-state index is -1.47. The van der Waals surface area contributed by atoms with Crippen LogP contribution in [0.25, 0.3) is 28.5 Å². The van der Waals surface area contributed by atoms with Crippen molar-refractivity contribution >= 4 is 23.2 Å². The minimum Gasteiger partial charge on any atom is -0.509 e. The highest BCUT2D eigenvalue weighted by Crippen LogP contribution is 2.31. The molecular weight excluding hydrogens is 432 g/mol. The summed E-state index contributed by atoms with van der Waals surface area (Å²) < 4.78 is 13.9. The fraction of sp³-hybridized carbons (Fsp3) is 0.238. The number of aliphatic hydroxyl groups excluding tert-OH is 3. The van der Waals surface area contributed by atoms with Crippen molar-refractivity contribution in [2.75, 3.05) is 5.73 Å². The Hall–Kier alpha value is -4.00. The van der Waals surface area contributed by atoms with Gasteiger partial charge >= 0.3 is 5.65 Å². The van der Waals surface area contributed by atoms with Crippen LogP contribution in [0.2, 0.25) is 0 Å². The van der Waals surface area contributed by atoms with Gasteiger partial charge in [-0.2, -0.15) is 0 Å². The van der Waals surface area contributed by atoms with Gasteiger partial charge in [-0.05, 0) is 0 Å². The summed E-state index contributed by atoms with van der Waals surface area (Å²) in [6.45, 7) is 0. The number of nitrogens with two attached hydrogens (primary N) is 1. The van der Waals surface area contributed by atoms with Crippen LogP contribution in [0.5, 0.6) is 0 Å². The van der Waals surface area contributed by atoms with Crippen molar-refractivity contribution in [1.29, 1.82) is 0 Å². The molecule has 0 aliphatic carbocycles. The van der Waals surface area contributed by atoms with E-state index in [2.05, 4.69) is 15.1 Å². The summed E-state index contributed by atoms with van der Waals surface area (Å²) >= 11 is 0. The average Bonchev–Trinajstić information content (AvgIpc) is 3.46. The number of hydrogen-bond acceptors (Lipinski definition) is 9. The number of rotatable bonds is 4. The lowest BCUT2D eigenvalue weighted by molar-refractivity contribution is -0.745. The van der Waals surface area contributed by atoms with Gasteiger partial charge in [0.05, 0.1) is 7.05 Å². The summed E-state index contributed by atoms with van der Waals surface area (Å²) in [6, 6.07) is 11.0. The monoisotopic (exact) mass is 453 g/mol. The van der Waals surface area contributed by atoms with Gasteiger partial charge in [0.15, 0.2) is 12.1 Å². The van der Waals surface area contributed by atoms with Crippen molar-refractivity contribution in [3.05, 3.63) is 64.6 Å². The van der Waals surface area contributed by atoms with Crippen LogP contribution in [-0.2, 0) is 11.8 Å². The molecule has 1 saturated heterocycles. The Morgan fingerprint density at radius 1 is 1.27 bits per heavy atom. The summed E-state index contributed by atoms with van der Waals surface area (Å²) in [5.41, 5.74) is 6.96. The molecule has 12 nitrogen and oxygen atoms in total. The standard InChI is InChI=1S/C21H20N6O6/c1-26-9-27(18-14(26)19(31)24-21(22)23-18)20-16(30)15(29)17(32-20)13(28)8-11-7-12(25-33-11)10-5-3-2-4-6-10/h2-9,15-17,20,29-30H,1H3,(H3-,22,23,24,25,28,31)/p+1/t15-,16+,17+,20+/m0/s1. The molecule has 0 saturated carbocycles. The maximum absolute atomic E-state index is 12.2. The van der Waals surface area contributed by atoms with Crippen LogP contribution in [0, 0.1) is 0 Å². The number of aromatic amines is 1. The molecular formula is C21H21N6O6+. The molecule has 0 radical (unpaired) electrons. The highest BCUT2D eigenvalue weighted by atomic mass is 16.6. The predicted molar refractivity (Wildman–Crippen MR) is 114 cm³/mol. The topological polar surface area (TPSA) is 177 Å². The maximum Gasteiger partial charge on any atom is 0.313 e. The molecule has 4 heterocycles. The number of fused-ring (bicyclic) bond motifs is 1. The van der Waals surface area contributed by atoms with Crippen LogP contribution >= 0.6 is 0 Å². The summed E-state index contributed by atoms with van der Waals surface area (Å²) in [4.78, 5) is 18.8. The molecule has 0 spiro atoms. The van der Waals surface area contributed by atoms with Crippen molar-refractivity contribution in [3.8, 4) is 11.3 Å². The largest absolute Gasteiger partial charge is 0.509 e. The number of nitrogens with one attached hydrogen (secondary N) is 1. The first-order chi connectivity index (χ1) is 15.8. The Morgan fingerprint density at radius 2 is 2.03 bits per heavy atom. The van der Waals surface area contributed by atoms with Gasteiger partial charge in [0.25, 0.3) is 11.5 Å². The van der Waals surface area contributed by atoms with Crippen LogP contribution in [0.1, 0.15) is 12.0 Å². The quantitative estimate of drug-likeness (QED) is 0.210. The van der Waals surface area contributed by atoms with Crippen molar-refractivity contribution in [2.45, 2.75) is 24.5 Å². The predicted octanol–water partition coefficient (Wildman–Crippen LogP) is 0.00460. The number of H-pyrrole nitrogens is 1. The lowest BCUT2D eigenvalue weighted by atomic mass is 10.1. The number of hydrogen-bond donors (Lipinski definition) is 5. The molecule has 0 bridgehead atoms. The molecule has 6 N–H and O–H groups in total. The number of anilines is 1. The fourth-order valence-corrected chi connectivity index (χ4v) is 3.92. The number of aryl methyl sites for hydroxylation is 1. The van der Waals surface area contributed by atoms with Crippen molar-refractivity contribution in [2.24, 2.45) is 7.05 Å². The smallest absolute Gasteiger partial charge is 0.313 e. The summed E-state index contributed by atoms with van der Waals surface area (Å²) in [6.07, 6.45) is -2.57. The molecule has 0 unspecified atom stereocenters. The molecule has 4 aromatic rings. The summed E-state index contributed by atoms with van der Waals surface area (Å²) in [5.74, 6) is -0.246. The van der Waals surface area contributed by atoms with Gasteiger partial charge in [-0.25, -0.2) is 4.57 Å². The molecule has 1 fully saturated rings. The van der Waals surface area contributed by atoms with E-state index in [1.54, 1.807) is 13.1 Å². The highest BCUT2D eigenvalue weighted by Gasteiger charge is 2.48. The number of imidazole rings is 1. The number of aromatic nitrogens is 5. The molecule has 4 atom stereocenters. The number of benzene rings is 1. The Labute approximate surface area is 185 Å². The molecule has 1 aliphatic rings. The zero-order valence-electron chi connectivity index (χ0n) is 17.4. The Balaban J connectivity index is 1.44. The Bertz CT molecular complexity index is 1410. The first-order valence-corrected chi connectivity index (χ1v) is 10.0. The molecule has 1 aliphatic heterocycles. The van der Waals surface area contributed by atoms with Crippen molar-refractivity contribution < 1.29 is 29.1 Å². The molecule has 33 heavy (non-hydrogen) atoms. The Morgan fingerprint density at radius 3 is 2.79 bits per heavy atom. The fourth-order valence-electron chi connectivity index (χ4n) is 3.92. The second kappa shape index (κ2) is 7.85. The van der Waals surface area contributed by atoms with E-state index in [1.807, 2.05) is 30.3 Å². The first-order valence-electron chi connectivity index (χ1n) is 10.0. The maximum atomic E-state index is 12.2. The van der Waals surface area contributed by atoms with Gasteiger partial charge in [0, 0.05) is 17.7 Å².